The van der Waals surface area contributed by atoms with Crippen LogP contribution in [-0.2, 0) is 0 Å². The van der Waals surface area contributed by atoms with Gasteiger partial charge < -0.3 is 15.8 Å². The molecule has 0 spiro atoms. The zero-order chi connectivity index (χ0) is 15.0. The topological polar surface area (TPSA) is 64.3 Å². The summed E-state index contributed by atoms with van der Waals surface area (Å²) in [5.41, 5.74) is 8.69. The van der Waals surface area contributed by atoms with Crippen molar-refractivity contribution in [2.24, 2.45) is 0 Å². The molecule has 1 aliphatic rings. The first kappa shape index (κ1) is 13.9. The van der Waals surface area contributed by atoms with Crippen molar-refractivity contribution < 1.29 is 9.53 Å². The number of benzene rings is 1. The minimum atomic E-state index is -0.0523. The van der Waals surface area contributed by atoms with E-state index in [1.54, 1.807) is 7.11 Å². The van der Waals surface area contributed by atoms with Crippen LogP contribution in [0.2, 0.25) is 0 Å². The van der Waals surface area contributed by atoms with Crippen LogP contribution in [0.4, 0.5) is 5.00 Å². The minimum Gasteiger partial charge on any atom is -0.497 e. The van der Waals surface area contributed by atoms with E-state index in [0.29, 0.717) is 16.6 Å². The lowest BCUT2D eigenvalue weighted by atomic mass is 10.1. The van der Waals surface area contributed by atoms with E-state index in [9.17, 15) is 4.79 Å². The molecule has 4 nitrogen and oxygen atoms in total. The maximum absolute atomic E-state index is 12.3. The van der Waals surface area contributed by atoms with E-state index in [4.69, 9.17) is 10.5 Å². The number of hydrogen-bond acceptors (Lipinski definition) is 4. The van der Waals surface area contributed by atoms with Gasteiger partial charge in [-0.1, -0.05) is 0 Å². The second-order valence-electron chi connectivity index (χ2n) is 5.27. The lowest BCUT2D eigenvalue weighted by molar-refractivity contribution is 0.0952. The predicted molar refractivity (Wildman–Crippen MR) is 85.9 cm³/mol. The summed E-state index contributed by atoms with van der Waals surface area (Å²) >= 11 is 1.46. The molecule has 1 fully saturated rings. The number of nitrogens with two attached hydrogens (primary N) is 1. The van der Waals surface area contributed by atoms with Crippen LogP contribution in [-0.4, -0.2) is 19.1 Å². The number of nitrogen functional groups attached to an aromatic ring is 1. The molecule has 1 saturated carbocycles. The standard InChI is InChI=1S/C16H18N2O2S/c1-9-13(16(19)18-11-5-6-11)15(17)21-14(9)10-3-7-12(20-2)8-4-10/h3-4,7-8,11H,5-6,17H2,1-2H3,(H,18,19). The molecule has 5 heteroatoms. The highest BCUT2D eigenvalue weighted by Crippen LogP contribution is 2.38. The largest absolute Gasteiger partial charge is 0.497 e. The molecule has 1 aromatic carbocycles. The van der Waals surface area contributed by atoms with Gasteiger partial charge in [-0.15, -0.1) is 11.3 Å². The van der Waals surface area contributed by atoms with Gasteiger partial charge in [0.15, 0.2) is 0 Å². The zero-order valence-electron chi connectivity index (χ0n) is 12.1. The van der Waals surface area contributed by atoms with E-state index in [2.05, 4.69) is 5.32 Å². The number of nitrogens with one attached hydrogen (secondary N) is 1. The number of hydrogen-bond donors (Lipinski definition) is 2. The smallest absolute Gasteiger partial charge is 0.254 e. The van der Waals surface area contributed by atoms with Crippen LogP contribution < -0.4 is 15.8 Å². The molecule has 0 aliphatic heterocycles. The highest BCUT2D eigenvalue weighted by atomic mass is 32.1. The van der Waals surface area contributed by atoms with E-state index in [1.807, 2.05) is 31.2 Å². The summed E-state index contributed by atoms with van der Waals surface area (Å²) in [7, 11) is 1.64. The Morgan fingerprint density at radius 2 is 2.00 bits per heavy atom. The quantitative estimate of drug-likeness (QED) is 0.911. The van der Waals surface area contributed by atoms with Crippen molar-refractivity contribution in [2.75, 3.05) is 12.8 Å². The van der Waals surface area contributed by atoms with Crippen LogP contribution in [0.5, 0.6) is 5.75 Å². The van der Waals surface area contributed by atoms with Gasteiger partial charge in [0.1, 0.15) is 5.75 Å². The molecule has 0 radical (unpaired) electrons. The summed E-state index contributed by atoms with van der Waals surface area (Å²) in [6.07, 6.45) is 2.14. The molecule has 0 unspecified atom stereocenters. The van der Waals surface area contributed by atoms with Gasteiger partial charge in [-0.25, -0.2) is 0 Å². The fourth-order valence-corrected chi connectivity index (χ4v) is 3.40. The van der Waals surface area contributed by atoms with Gasteiger partial charge in [0.2, 0.25) is 0 Å². The molecule has 1 heterocycles. The number of ether oxygens (including phenoxy) is 1. The molecule has 3 N–H and O–H groups in total. The highest BCUT2D eigenvalue weighted by Gasteiger charge is 2.27. The summed E-state index contributed by atoms with van der Waals surface area (Å²) in [4.78, 5) is 13.3. The Labute approximate surface area is 127 Å². The van der Waals surface area contributed by atoms with Crippen LogP contribution in [0.15, 0.2) is 24.3 Å². The number of methoxy groups -OCH3 is 1. The van der Waals surface area contributed by atoms with E-state index in [1.165, 1.54) is 11.3 Å². The third-order valence-electron chi connectivity index (χ3n) is 3.67. The van der Waals surface area contributed by atoms with E-state index in [-0.39, 0.29) is 5.91 Å². The average molecular weight is 302 g/mol. The average Bonchev–Trinajstić information content (AvgIpc) is 3.23. The molecular weight excluding hydrogens is 284 g/mol. The lowest BCUT2D eigenvalue weighted by Crippen LogP contribution is -2.26. The van der Waals surface area contributed by atoms with Crippen LogP contribution in [0, 0.1) is 6.92 Å². The SMILES string of the molecule is COc1ccc(-c2sc(N)c(C(=O)NC3CC3)c2C)cc1. The molecule has 0 bridgehead atoms. The zero-order valence-corrected chi connectivity index (χ0v) is 12.9. The third-order valence-corrected chi connectivity index (χ3v) is 4.84. The van der Waals surface area contributed by atoms with E-state index < -0.39 is 0 Å². The number of carbonyl (C=O) groups excluding carboxylic acids is 1. The summed E-state index contributed by atoms with van der Waals surface area (Å²) < 4.78 is 5.17. The summed E-state index contributed by atoms with van der Waals surface area (Å²) in [5.74, 6) is 0.760. The Morgan fingerprint density at radius 3 is 2.57 bits per heavy atom. The van der Waals surface area contributed by atoms with Crippen molar-refractivity contribution in [1.82, 2.24) is 5.32 Å². The maximum atomic E-state index is 12.3. The lowest BCUT2D eigenvalue weighted by Gasteiger charge is -2.05. The second kappa shape index (κ2) is 5.41. The van der Waals surface area contributed by atoms with Gasteiger partial charge in [0, 0.05) is 10.9 Å². The Morgan fingerprint density at radius 1 is 1.33 bits per heavy atom. The van der Waals surface area contributed by atoms with Crippen molar-refractivity contribution in [3.63, 3.8) is 0 Å². The first-order valence-corrected chi connectivity index (χ1v) is 7.76. The van der Waals surface area contributed by atoms with Crippen molar-refractivity contribution in [3.8, 4) is 16.2 Å². The first-order valence-electron chi connectivity index (χ1n) is 6.94. The van der Waals surface area contributed by atoms with Crippen LogP contribution in [0.3, 0.4) is 0 Å². The molecule has 1 aliphatic carbocycles. The molecule has 1 aromatic heterocycles. The van der Waals surface area contributed by atoms with E-state index in [0.717, 1.165) is 34.6 Å². The van der Waals surface area contributed by atoms with E-state index >= 15 is 0 Å². The number of amides is 1. The summed E-state index contributed by atoms with van der Waals surface area (Å²) in [6.45, 7) is 1.95. The molecule has 0 saturated heterocycles. The van der Waals surface area contributed by atoms with Gasteiger partial charge >= 0.3 is 0 Å². The Kier molecular flexibility index (Phi) is 3.59. The van der Waals surface area contributed by atoms with Gasteiger partial charge in [-0.05, 0) is 55.2 Å². The van der Waals surface area contributed by atoms with Gasteiger partial charge in [-0.2, -0.15) is 0 Å². The number of thiophene rings is 1. The molecule has 110 valence electrons. The molecule has 2 aromatic rings. The number of rotatable bonds is 4. The fraction of sp³-hybridized carbons (Fsp3) is 0.312. The molecule has 0 atom stereocenters. The fourth-order valence-electron chi connectivity index (χ4n) is 2.32. The van der Waals surface area contributed by atoms with Gasteiger partial charge in [0.05, 0.1) is 17.7 Å². The first-order chi connectivity index (χ1) is 10.1. The Hall–Kier alpha value is -2.01. The Balaban J connectivity index is 1.93. The maximum Gasteiger partial charge on any atom is 0.254 e. The molecular formula is C16H18N2O2S. The molecule has 1 amide bonds. The highest BCUT2D eigenvalue weighted by molar-refractivity contribution is 7.19. The van der Waals surface area contributed by atoms with Gasteiger partial charge in [0.25, 0.3) is 5.91 Å². The number of anilines is 1. The van der Waals surface area contributed by atoms with Crippen molar-refractivity contribution in [1.29, 1.82) is 0 Å². The van der Waals surface area contributed by atoms with Crippen LogP contribution >= 0.6 is 11.3 Å². The van der Waals surface area contributed by atoms with Crippen molar-refractivity contribution in [3.05, 3.63) is 35.4 Å². The monoisotopic (exact) mass is 302 g/mol. The molecule has 3 rings (SSSR count). The van der Waals surface area contributed by atoms with Crippen molar-refractivity contribution >= 4 is 22.2 Å². The second-order valence-corrected chi connectivity index (χ2v) is 6.32. The van der Waals surface area contributed by atoms with Crippen molar-refractivity contribution in [2.45, 2.75) is 25.8 Å². The van der Waals surface area contributed by atoms with Crippen LogP contribution in [0.1, 0.15) is 28.8 Å². The summed E-state index contributed by atoms with van der Waals surface area (Å²) in [5, 5.41) is 3.58. The van der Waals surface area contributed by atoms with Crippen LogP contribution in [0.25, 0.3) is 10.4 Å². The number of carbonyl (C=O) groups is 1. The predicted octanol–water partition coefficient (Wildman–Crippen LogP) is 3.21. The summed E-state index contributed by atoms with van der Waals surface area (Å²) in [6, 6.07) is 8.13. The Bertz CT molecular complexity index is 672. The third kappa shape index (κ3) is 2.74. The normalized spacial score (nSPS) is 14.0. The molecule has 21 heavy (non-hydrogen) atoms. The van der Waals surface area contributed by atoms with Gasteiger partial charge in [-0.3, -0.25) is 4.79 Å². The minimum absolute atomic E-state index is 0.0523.